The van der Waals surface area contributed by atoms with Crippen LogP contribution >= 0.6 is 38.9 Å². The van der Waals surface area contributed by atoms with Crippen molar-refractivity contribution >= 4 is 38.9 Å². The van der Waals surface area contributed by atoms with E-state index in [0.717, 1.165) is 41.2 Å². The molecule has 1 atom stereocenters. The molecule has 3 rings (SSSR count). The van der Waals surface area contributed by atoms with Crippen LogP contribution in [0.2, 0.25) is 5.02 Å². The Balaban J connectivity index is 1.92. The summed E-state index contributed by atoms with van der Waals surface area (Å²) in [6.07, 6.45) is 1.88. The highest BCUT2D eigenvalue weighted by atomic mass is 79.9. The van der Waals surface area contributed by atoms with E-state index in [1.165, 1.54) is 16.0 Å². The number of nitrogens with one attached hydrogen (secondary N) is 1. The molecular weight excluding hydrogens is 370 g/mol. The molecule has 0 amide bonds. The van der Waals surface area contributed by atoms with Crippen LogP contribution in [0, 0.1) is 0 Å². The first kappa shape index (κ1) is 15.3. The summed E-state index contributed by atoms with van der Waals surface area (Å²) in [5.74, 6) is 1.06. The van der Waals surface area contributed by atoms with E-state index < -0.39 is 0 Å². The molecule has 0 fully saturated rings. The van der Waals surface area contributed by atoms with Gasteiger partial charge in [-0.2, -0.15) is 0 Å². The average Bonchev–Trinajstić information content (AvgIpc) is 3.06. The van der Waals surface area contributed by atoms with Crippen molar-refractivity contribution in [1.82, 2.24) is 5.32 Å². The second kappa shape index (κ2) is 6.69. The summed E-state index contributed by atoms with van der Waals surface area (Å²) < 4.78 is 6.95. The van der Waals surface area contributed by atoms with Gasteiger partial charge in [-0.15, -0.1) is 11.3 Å². The van der Waals surface area contributed by atoms with Crippen LogP contribution in [-0.4, -0.2) is 13.2 Å². The van der Waals surface area contributed by atoms with Gasteiger partial charge in [0, 0.05) is 21.8 Å². The van der Waals surface area contributed by atoms with Gasteiger partial charge in [-0.05, 0) is 47.7 Å². The molecule has 1 unspecified atom stereocenters. The summed E-state index contributed by atoms with van der Waals surface area (Å²) in [6.45, 7) is 3.82. The summed E-state index contributed by atoms with van der Waals surface area (Å²) in [4.78, 5) is 1.20. The lowest BCUT2D eigenvalue weighted by atomic mass is 10.0. The predicted molar refractivity (Wildman–Crippen MR) is 92.8 cm³/mol. The highest BCUT2D eigenvalue weighted by Gasteiger charge is 2.22. The molecule has 2 aromatic rings. The van der Waals surface area contributed by atoms with Gasteiger partial charge in [0.1, 0.15) is 5.75 Å². The third kappa shape index (κ3) is 3.29. The first-order valence-electron chi connectivity index (χ1n) is 7.09. The first-order valence-corrected chi connectivity index (χ1v) is 9.14. The molecule has 5 heteroatoms. The highest BCUT2D eigenvalue weighted by molar-refractivity contribution is 9.10. The van der Waals surface area contributed by atoms with Crippen LogP contribution in [0.4, 0.5) is 0 Å². The molecule has 0 radical (unpaired) electrons. The number of hydrogen-bond donors (Lipinski definition) is 1. The van der Waals surface area contributed by atoms with Gasteiger partial charge in [0.15, 0.2) is 0 Å². The second-order valence-electron chi connectivity index (χ2n) is 5.10. The van der Waals surface area contributed by atoms with Crippen molar-refractivity contribution in [2.45, 2.75) is 25.8 Å². The number of rotatable bonds is 5. The summed E-state index contributed by atoms with van der Waals surface area (Å²) in [7, 11) is 0. The van der Waals surface area contributed by atoms with Crippen molar-refractivity contribution in [3.63, 3.8) is 0 Å². The quantitative estimate of drug-likeness (QED) is 0.781. The fourth-order valence-electron chi connectivity index (χ4n) is 2.78. The molecule has 0 aliphatic carbocycles. The molecule has 1 aromatic carbocycles. The predicted octanol–water partition coefficient (Wildman–Crippen LogP) is 4.99. The van der Waals surface area contributed by atoms with Crippen molar-refractivity contribution in [3.05, 3.63) is 49.1 Å². The van der Waals surface area contributed by atoms with Gasteiger partial charge in [0.05, 0.1) is 11.6 Å². The first-order chi connectivity index (χ1) is 10.2. The molecule has 0 saturated heterocycles. The van der Waals surface area contributed by atoms with Crippen molar-refractivity contribution < 1.29 is 4.74 Å². The Kier molecular flexibility index (Phi) is 4.89. The molecule has 1 aliphatic rings. The SMILES string of the molecule is CCNC(Cc1cc(Br)cc2c1OCC2)c1sccc1Cl. The molecule has 1 aliphatic heterocycles. The van der Waals surface area contributed by atoms with E-state index in [2.05, 4.69) is 40.3 Å². The van der Waals surface area contributed by atoms with E-state index in [9.17, 15) is 0 Å². The van der Waals surface area contributed by atoms with Crippen molar-refractivity contribution in [2.75, 3.05) is 13.2 Å². The number of likely N-dealkylation sites (N-methyl/N-ethyl adjacent to an activating group) is 1. The average molecular weight is 387 g/mol. The number of halogens is 2. The molecule has 2 nitrogen and oxygen atoms in total. The third-order valence-corrected chi connectivity index (χ3v) is 5.59. The topological polar surface area (TPSA) is 21.3 Å². The minimum absolute atomic E-state index is 0.227. The Morgan fingerprint density at radius 3 is 3.05 bits per heavy atom. The Hall–Kier alpha value is -0.550. The largest absolute Gasteiger partial charge is 0.493 e. The van der Waals surface area contributed by atoms with Crippen LogP contribution in [0.15, 0.2) is 28.1 Å². The summed E-state index contributed by atoms with van der Waals surface area (Å²) in [5.41, 5.74) is 2.54. The van der Waals surface area contributed by atoms with E-state index in [4.69, 9.17) is 16.3 Å². The summed E-state index contributed by atoms with van der Waals surface area (Å²) in [5, 5.41) is 6.43. The maximum Gasteiger partial charge on any atom is 0.125 e. The fourth-order valence-corrected chi connectivity index (χ4v) is 4.59. The van der Waals surface area contributed by atoms with Crippen LogP contribution in [0.1, 0.15) is 29.0 Å². The van der Waals surface area contributed by atoms with E-state index >= 15 is 0 Å². The third-order valence-electron chi connectivity index (χ3n) is 3.66. The second-order valence-corrected chi connectivity index (χ2v) is 7.37. The number of ether oxygens (including phenoxy) is 1. The smallest absolute Gasteiger partial charge is 0.125 e. The van der Waals surface area contributed by atoms with Crippen molar-refractivity contribution in [1.29, 1.82) is 0 Å². The van der Waals surface area contributed by atoms with E-state index in [-0.39, 0.29) is 6.04 Å². The summed E-state index contributed by atoms with van der Waals surface area (Å²) >= 11 is 11.6. The van der Waals surface area contributed by atoms with Gasteiger partial charge in [-0.1, -0.05) is 34.5 Å². The van der Waals surface area contributed by atoms with Crippen LogP contribution < -0.4 is 10.1 Å². The minimum atomic E-state index is 0.227. The normalized spacial score (nSPS) is 14.8. The Morgan fingerprint density at radius 2 is 2.33 bits per heavy atom. The zero-order valence-corrected chi connectivity index (χ0v) is 14.9. The van der Waals surface area contributed by atoms with Gasteiger partial charge >= 0.3 is 0 Å². The molecule has 112 valence electrons. The molecule has 1 N–H and O–H groups in total. The van der Waals surface area contributed by atoms with Gasteiger partial charge in [-0.3, -0.25) is 0 Å². The van der Waals surface area contributed by atoms with Gasteiger partial charge in [0.2, 0.25) is 0 Å². The molecule has 0 spiro atoms. The molecule has 1 aromatic heterocycles. The van der Waals surface area contributed by atoms with E-state index in [1.54, 1.807) is 11.3 Å². The number of thiophene rings is 1. The Bertz CT molecular complexity index is 643. The van der Waals surface area contributed by atoms with Gasteiger partial charge in [0.25, 0.3) is 0 Å². The lowest BCUT2D eigenvalue weighted by Crippen LogP contribution is -2.22. The van der Waals surface area contributed by atoms with Crippen molar-refractivity contribution in [2.24, 2.45) is 0 Å². The van der Waals surface area contributed by atoms with Crippen LogP contribution in [0.5, 0.6) is 5.75 Å². The van der Waals surface area contributed by atoms with Crippen LogP contribution in [0.25, 0.3) is 0 Å². The maximum atomic E-state index is 6.31. The van der Waals surface area contributed by atoms with Crippen LogP contribution in [-0.2, 0) is 12.8 Å². The fraction of sp³-hybridized carbons (Fsp3) is 0.375. The number of fused-ring (bicyclic) bond motifs is 1. The number of benzene rings is 1. The molecule has 2 heterocycles. The zero-order chi connectivity index (χ0) is 14.8. The maximum absolute atomic E-state index is 6.31. The Morgan fingerprint density at radius 1 is 1.48 bits per heavy atom. The lowest BCUT2D eigenvalue weighted by Gasteiger charge is -2.19. The standard InChI is InChI=1S/C16H17BrClNOS/c1-2-19-14(16-13(18)4-6-21-16)9-11-8-12(17)7-10-3-5-20-15(10)11/h4,6-8,14,19H,2-3,5,9H2,1H3. The van der Waals surface area contributed by atoms with E-state index in [1.807, 2.05) is 11.4 Å². The molecule has 0 bridgehead atoms. The monoisotopic (exact) mass is 385 g/mol. The van der Waals surface area contributed by atoms with Gasteiger partial charge in [-0.25, -0.2) is 0 Å². The van der Waals surface area contributed by atoms with Crippen LogP contribution in [0.3, 0.4) is 0 Å². The Labute approximate surface area is 142 Å². The minimum Gasteiger partial charge on any atom is -0.493 e. The molecular formula is C16H17BrClNOS. The highest BCUT2D eigenvalue weighted by Crippen LogP contribution is 2.37. The van der Waals surface area contributed by atoms with Crippen molar-refractivity contribution in [3.8, 4) is 5.75 Å². The zero-order valence-electron chi connectivity index (χ0n) is 11.8. The molecule has 0 saturated carbocycles. The lowest BCUT2D eigenvalue weighted by molar-refractivity contribution is 0.351. The molecule has 21 heavy (non-hydrogen) atoms. The summed E-state index contributed by atoms with van der Waals surface area (Å²) in [6, 6.07) is 6.51. The van der Waals surface area contributed by atoms with E-state index in [0.29, 0.717) is 0 Å². The van der Waals surface area contributed by atoms with Gasteiger partial charge < -0.3 is 10.1 Å². The number of hydrogen-bond acceptors (Lipinski definition) is 3.